The van der Waals surface area contributed by atoms with Crippen molar-refractivity contribution in [2.45, 2.75) is 6.92 Å². The Bertz CT molecular complexity index is 366. The van der Waals surface area contributed by atoms with Gasteiger partial charge in [-0.25, -0.2) is 0 Å². The third-order valence-electron chi connectivity index (χ3n) is 1.98. The number of ether oxygens (including phenoxy) is 1. The topological polar surface area (TPSA) is 76.4 Å². The molecular formula is C11H17N3O2. The van der Waals surface area contributed by atoms with Gasteiger partial charge in [-0.05, 0) is 25.1 Å². The highest BCUT2D eigenvalue weighted by molar-refractivity contribution is 5.92. The summed E-state index contributed by atoms with van der Waals surface area (Å²) >= 11 is 0. The molecule has 1 aromatic rings. The van der Waals surface area contributed by atoms with Crippen LogP contribution in [0.25, 0.3) is 0 Å². The molecule has 16 heavy (non-hydrogen) atoms. The lowest BCUT2D eigenvalue weighted by molar-refractivity contribution is -0.119. The Morgan fingerprint density at radius 2 is 2.25 bits per heavy atom. The van der Waals surface area contributed by atoms with Gasteiger partial charge in [0, 0.05) is 19.3 Å². The number of anilines is 3. The van der Waals surface area contributed by atoms with Gasteiger partial charge >= 0.3 is 0 Å². The maximum atomic E-state index is 11.2. The molecular weight excluding hydrogens is 206 g/mol. The van der Waals surface area contributed by atoms with Crippen molar-refractivity contribution < 1.29 is 9.53 Å². The van der Waals surface area contributed by atoms with E-state index in [0.717, 1.165) is 12.2 Å². The molecule has 0 fully saturated rings. The van der Waals surface area contributed by atoms with Crippen molar-refractivity contribution in [1.82, 2.24) is 0 Å². The minimum Gasteiger partial charge on any atom is -0.397 e. The minimum atomic E-state index is -0.196. The molecule has 0 bridgehead atoms. The largest absolute Gasteiger partial charge is 0.397 e. The monoisotopic (exact) mass is 223 g/mol. The molecule has 0 atom stereocenters. The fraction of sp³-hybridized carbons (Fsp3) is 0.364. The number of hydrogen-bond donors (Lipinski definition) is 3. The highest BCUT2D eigenvalue weighted by Crippen LogP contribution is 2.22. The fourth-order valence-electron chi connectivity index (χ4n) is 1.32. The Hall–Kier alpha value is -1.75. The highest BCUT2D eigenvalue weighted by atomic mass is 16.5. The maximum absolute atomic E-state index is 11.2. The quantitative estimate of drug-likeness (QED) is 0.657. The number of carbonyl (C=O) groups excluding carboxylic acids is 1. The van der Waals surface area contributed by atoms with E-state index in [-0.39, 0.29) is 12.5 Å². The van der Waals surface area contributed by atoms with Crippen LogP contribution in [0.1, 0.15) is 6.92 Å². The molecule has 88 valence electrons. The van der Waals surface area contributed by atoms with Crippen molar-refractivity contribution in [3.05, 3.63) is 18.2 Å². The Kier molecular flexibility index (Phi) is 4.60. The first-order valence-electron chi connectivity index (χ1n) is 5.09. The van der Waals surface area contributed by atoms with Gasteiger partial charge < -0.3 is 21.1 Å². The van der Waals surface area contributed by atoms with Gasteiger partial charge in [-0.2, -0.15) is 0 Å². The molecule has 0 aromatic heterocycles. The number of nitrogen functional groups attached to an aromatic ring is 1. The summed E-state index contributed by atoms with van der Waals surface area (Å²) in [6.45, 7) is 2.84. The molecule has 0 spiro atoms. The summed E-state index contributed by atoms with van der Waals surface area (Å²) in [4.78, 5) is 11.2. The van der Waals surface area contributed by atoms with E-state index in [2.05, 4.69) is 10.6 Å². The Morgan fingerprint density at radius 1 is 1.50 bits per heavy atom. The zero-order valence-corrected chi connectivity index (χ0v) is 9.54. The number of carbonyl (C=O) groups is 1. The SMILES string of the molecule is CCNc1ccc(NC(=O)COC)cc1N. The van der Waals surface area contributed by atoms with Gasteiger partial charge in [0.1, 0.15) is 6.61 Å². The fourth-order valence-corrected chi connectivity index (χ4v) is 1.32. The van der Waals surface area contributed by atoms with Crippen LogP contribution < -0.4 is 16.4 Å². The van der Waals surface area contributed by atoms with Gasteiger partial charge in [-0.15, -0.1) is 0 Å². The molecule has 0 saturated heterocycles. The van der Waals surface area contributed by atoms with E-state index in [0.29, 0.717) is 11.4 Å². The first kappa shape index (κ1) is 12.3. The lowest BCUT2D eigenvalue weighted by Crippen LogP contribution is -2.17. The summed E-state index contributed by atoms with van der Waals surface area (Å²) in [7, 11) is 1.47. The van der Waals surface area contributed by atoms with Crippen LogP contribution in [0.5, 0.6) is 0 Å². The number of amides is 1. The molecule has 0 heterocycles. The zero-order chi connectivity index (χ0) is 12.0. The summed E-state index contributed by atoms with van der Waals surface area (Å²) in [5, 5.41) is 5.80. The molecule has 1 amide bonds. The maximum Gasteiger partial charge on any atom is 0.250 e. The number of hydrogen-bond acceptors (Lipinski definition) is 4. The van der Waals surface area contributed by atoms with Crippen molar-refractivity contribution in [3.8, 4) is 0 Å². The Morgan fingerprint density at radius 3 is 2.81 bits per heavy atom. The summed E-state index contributed by atoms with van der Waals surface area (Å²) in [5.74, 6) is -0.196. The molecule has 0 aliphatic heterocycles. The Labute approximate surface area is 95.0 Å². The zero-order valence-electron chi connectivity index (χ0n) is 9.54. The predicted molar refractivity (Wildman–Crippen MR) is 65.5 cm³/mol. The van der Waals surface area contributed by atoms with Crippen LogP contribution in [0, 0.1) is 0 Å². The standard InChI is InChI=1S/C11H17N3O2/c1-3-13-10-5-4-8(6-9(10)12)14-11(15)7-16-2/h4-6,13H,3,7,12H2,1-2H3,(H,14,15). The molecule has 1 aromatic carbocycles. The molecule has 0 unspecified atom stereocenters. The summed E-state index contributed by atoms with van der Waals surface area (Å²) in [6, 6.07) is 5.34. The van der Waals surface area contributed by atoms with Gasteiger partial charge in [-0.1, -0.05) is 0 Å². The number of benzene rings is 1. The van der Waals surface area contributed by atoms with Crippen molar-refractivity contribution in [2.24, 2.45) is 0 Å². The highest BCUT2D eigenvalue weighted by Gasteiger charge is 2.03. The van der Waals surface area contributed by atoms with Crippen molar-refractivity contribution >= 4 is 23.0 Å². The van der Waals surface area contributed by atoms with E-state index < -0.39 is 0 Å². The lowest BCUT2D eigenvalue weighted by Gasteiger charge is -2.10. The second kappa shape index (κ2) is 5.97. The van der Waals surface area contributed by atoms with Crippen LogP contribution >= 0.6 is 0 Å². The van der Waals surface area contributed by atoms with Gasteiger partial charge in [0.05, 0.1) is 11.4 Å². The minimum absolute atomic E-state index is 0.0366. The van der Waals surface area contributed by atoms with Crippen molar-refractivity contribution in [3.63, 3.8) is 0 Å². The first-order valence-corrected chi connectivity index (χ1v) is 5.09. The van der Waals surface area contributed by atoms with Gasteiger partial charge in [-0.3, -0.25) is 4.79 Å². The van der Waals surface area contributed by atoms with E-state index >= 15 is 0 Å². The number of rotatable bonds is 5. The number of nitrogens with one attached hydrogen (secondary N) is 2. The summed E-state index contributed by atoms with van der Waals surface area (Å²) < 4.78 is 4.71. The predicted octanol–water partition coefficient (Wildman–Crippen LogP) is 1.29. The van der Waals surface area contributed by atoms with Crippen LogP contribution in [0.3, 0.4) is 0 Å². The summed E-state index contributed by atoms with van der Waals surface area (Å²) in [5.41, 5.74) is 7.96. The van der Waals surface area contributed by atoms with E-state index in [1.807, 2.05) is 13.0 Å². The lowest BCUT2D eigenvalue weighted by atomic mass is 10.2. The molecule has 0 saturated carbocycles. The molecule has 0 aliphatic rings. The molecule has 1 rings (SSSR count). The van der Waals surface area contributed by atoms with Gasteiger partial charge in [0.25, 0.3) is 0 Å². The molecule has 5 nitrogen and oxygen atoms in total. The van der Waals surface area contributed by atoms with Crippen molar-refractivity contribution in [1.29, 1.82) is 0 Å². The van der Waals surface area contributed by atoms with E-state index in [1.54, 1.807) is 12.1 Å². The van der Waals surface area contributed by atoms with Crippen LogP contribution in [-0.4, -0.2) is 26.2 Å². The number of nitrogens with two attached hydrogens (primary N) is 1. The summed E-state index contributed by atoms with van der Waals surface area (Å²) in [6.07, 6.45) is 0. The van der Waals surface area contributed by atoms with E-state index in [4.69, 9.17) is 10.5 Å². The van der Waals surface area contributed by atoms with Crippen LogP contribution in [-0.2, 0) is 9.53 Å². The second-order valence-corrected chi connectivity index (χ2v) is 3.31. The Balaban J connectivity index is 2.69. The number of methoxy groups -OCH3 is 1. The van der Waals surface area contributed by atoms with Gasteiger partial charge in [0.2, 0.25) is 5.91 Å². The molecule has 0 aliphatic carbocycles. The molecule has 4 N–H and O–H groups in total. The first-order chi connectivity index (χ1) is 7.67. The molecule has 5 heteroatoms. The van der Waals surface area contributed by atoms with Crippen LogP contribution in [0.15, 0.2) is 18.2 Å². The third-order valence-corrected chi connectivity index (χ3v) is 1.98. The second-order valence-electron chi connectivity index (χ2n) is 3.31. The van der Waals surface area contributed by atoms with Crippen molar-refractivity contribution in [2.75, 3.05) is 36.6 Å². The van der Waals surface area contributed by atoms with E-state index in [9.17, 15) is 4.79 Å². The smallest absolute Gasteiger partial charge is 0.250 e. The van der Waals surface area contributed by atoms with Crippen LogP contribution in [0.2, 0.25) is 0 Å². The van der Waals surface area contributed by atoms with Gasteiger partial charge in [0.15, 0.2) is 0 Å². The molecule has 0 radical (unpaired) electrons. The van der Waals surface area contributed by atoms with E-state index in [1.165, 1.54) is 7.11 Å². The third kappa shape index (κ3) is 3.43. The normalized spacial score (nSPS) is 9.88. The average Bonchev–Trinajstić information content (AvgIpc) is 2.22. The van der Waals surface area contributed by atoms with Crippen LogP contribution in [0.4, 0.5) is 17.1 Å². The average molecular weight is 223 g/mol.